The topological polar surface area (TPSA) is 99.3 Å². The van der Waals surface area contributed by atoms with E-state index in [4.69, 9.17) is 0 Å². The molecule has 0 saturated heterocycles. The van der Waals surface area contributed by atoms with Crippen LogP contribution in [0.25, 0.3) is 0 Å². The number of nitrogens with zero attached hydrogens (tertiary/aromatic N) is 3. The zero-order chi connectivity index (χ0) is 11.5. The van der Waals surface area contributed by atoms with Gasteiger partial charge in [0.2, 0.25) is 5.95 Å². The molecule has 0 unspecified atom stereocenters. The van der Waals surface area contributed by atoms with Crippen molar-refractivity contribution >= 4 is 11.9 Å². The van der Waals surface area contributed by atoms with E-state index in [9.17, 15) is 4.79 Å². The third-order valence-electron chi connectivity index (χ3n) is 2.10. The van der Waals surface area contributed by atoms with Crippen molar-refractivity contribution in [1.29, 1.82) is 0 Å². The van der Waals surface area contributed by atoms with Gasteiger partial charge in [-0.15, -0.1) is 0 Å². The molecule has 2 rings (SSSR count). The minimum absolute atomic E-state index is 0.305. The Labute approximate surface area is 91.7 Å². The van der Waals surface area contributed by atoms with Crippen molar-refractivity contribution in [3.8, 4) is 0 Å². The zero-order valence-corrected chi connectivity index (χ0v) is 8.98. The van der Waals surface area contributed by atoms with Gasteiger partial charge in [-0.1, -0.05) is 13.8 Å². The summed E-state index contributed by atoms with van der Waals surface area (Å²) in [5.74, 6) is 0.290. The lowest BCUT2D eigenvalue weighted by molar-refractivity contribution is 0.102. The second-order valence-electron chi connectivity index (χ2n) is 3.65. The van der Waals surface area contributed by atoms with Crippen molar-refractivity contribution in [1.82, 2.24) is 25.4 Å². The summed E-state index contributed by atoms with van der Waals surface area (Å²) in [6.45, 7) is 4.04. The first-order valence-corrected chi connectivity index (χ1v) is 4.89. The SMILES string of the molecule is CC(C)c1cc(C(=O)Nc2ncn[nH]2)n[nH]1. The van der Waals surface area contributed by atoms with Gasteiger partial charge in [-0.25, -0.2) is 5.10 Å². The van der Waals surface area contributed by atoms with E-state index >= 15 is 0 Å². The molecule has 16 heavy (non-hydrogen) atoms. The second-order valence-corrected chi connectivity index (χ2v) is 3.65. The van der Waals surface area contributed by atoms with E-state index in [-0.39, 0.29) is 5.91 Å². The van der Waals surface area contributed by atoms with Gasteiger partial charge in [-0.3, -0.25) is 15.2 Å². The maximum absolute atomic E-state index is 11.7. The first-order chi connectivity index (χ1) is 7.66. The largest absolute Gasteiger partial charge is 0.289 e. The summed E-state index contributed by atoms with van der Waals surface area (Å²) in [6, 6.07) is 1.72. The lowest BCUT2D eigenvalue weighted by Crippen LogP contribution is -2.13. The molecule has 0 aliphatic rings. The number of hydrogen-bond acceptors (Lipinski definition) is 4. The molecule has 84 valence electrons. The zero-order valence-electron chi connectivity index (χ0n) is 8.98. The lowest BCUT2D eigenvalue weighted by Gasteiger charge is -1.97. The standard InChI is InChI=1S/C9H12N6O/c1-5(2)6-3-7(14-13-6)8(16)12-9-10-4-11-15-9/h3-5H,1-2H3,(H,13,14)(H2,10,11,12,15,16). The van der Waals surface area contributed by atoms with Gasteiger partial charge < -0.3 is 0 Å². The van der Waals surface area contributed by atoms with Gasteiger partial charge in [-0.2, -0.15) is 15.2 Å². The van der Waals surface area contributed by atoms with Crippen LogP contribution in [-0.4, -0.2) is 31.3 Å². The Morgan fingerprint density at radius 1 is 1.44 bits per heavy atom. The van der Waals surface area contributed by atoms with Crippen LogP contribution in [0.15, 0.2) is 12.4 Å². The fourth-order valence-corrected chi connectivity index (χ4v) is 1.19. The molecule has 1 amide bonds. The molecule has 0 saturated carbocycles. The summed E-state index contributed by atoms with van der Waals surface area (Å²) >= 11 is 0. The average Bonchev–Trinajstić information content (AvgIpc) is 2.86. The summed E-state index contributed by atoms with van der Waals surface area (Å²) in [5, 5.41) is 15.4. The highest BCUT2D eigenvalue weighted by Gasteiger charge is 2.12. The molecule has 7 nitrogen and oxygen atoms in total. The van der Waals surface area contributed by atoms with E-state index in [1.807, 2.05) is 13.8 Å². The third kappa shape index (κ3) is 2.08. The number of amides is 1. The van der Waals surface area contributed by atoms with Gasteiger partial charge in [0.1, 0.15) is 6.33 Å². The average molecular weight is 220 g/mol. The Morgan fingerprint density at radius 2 is 2.25 bits per heavy atom. The van der Waals surface area contributed by atoms with Crippen LogP contribution >= 0.6 is 0 Å². The van der Waals surface area contributed by atoms with Gasteiger partial charge in [0, 0.05) is 5.69 Å². The minimum atomic E-state index is -0.320. The molecule has 0 aliphatic heterocycles. The third-order valence-corrected chi connectivity index (χ3v) is 2.10. The fraction of sp³-hybridized carbons (Fsp3) is 0.333. The van der Waals surface area contributed by atoms with E-state index in [2.05, 4.69) is 30.7 Å². The summed E-state index contributed by atoms with van der Waals surface area (Å²) in [4.78, 5) is 15.5. The van der Waals surface area contributed by atoms with E-state index in [0.29, 0.717) is 17.6 Å². The highest BCUT2D eigenvalue weighted by Crippen LogP contribution is 2.12. The van der Waals surface area contributed by atoms with Crippen LogP contribution < -0.4 is 5.32 Å². The number of aromatic amines is 2. The number of hydrogen-bond donors (Lipinski definition) is 3. The van der Waals surface area contributed by atoms with E-state index in [1.165, 1.54) is 6.33 Å². The highest BCUT2D eigenvalue weighted by atomic mass is 16.2. The Balaban J connectivity index is 2.09. The summed E-state index contributed by atoms with van der Waals surface area (Å²) in [5.41, 5.74) is 1.25. The van der Waals surface area contributed by atoms with Crippen molar-refractivity contribution in [2.75, 3.05) is 5.32 Å². The van der Waals surface area contributed by atoms with Crippen LogP contribution in [0.4, 0.5) is 5.95 Å². The first kappa shape index (κ1) is 10.3. The molecule has 0 radical (unpaired) electrons. The van der Waals surface area contributed by atoms with Crippen molar-refractivity contribution in [2.45, 2.75) is 19.8 Å². The number of rotatable bonds is 3. The van der Waals surface area contributed by atoms with Crippen LogP contribution in [0.2, 0.25) is 0 Å². The minimum Gasteiger partial charge on any atom is -0.289 e. The van der Waals surface area contributed by atoms with Gasteiger partial charge in [0.15, 0.2) is 5.69 Å². The van der Waals surface area contributed by atoms with Crippen molar-refractivity contribution in [3.63, 3.8) is 0 Å². The number of anilines is 1. The molecule has 0 aromatic carbocycles. The summed E-state index contributed by atoms with van der Waals surface area (Å²) in [6.07, 6.45) is 1.32. The maximum atomic E-state index is 11.7. The number of nitrogens with one attached hydrogen (secondary N) is 3. The molecule has 0 spiro atoms. The molecule has 0 aliphatic carbocycles. The Hall–Kier alpha value is -2.18. The van der Waals surface area contributed by atoms with E-state index in [1.54, 1.807) is 6.07 Å². The number of carbonyl (C=O) groups excluding carboxylic acids is 1. The number of aromatic nitrogens is 5. The van der Waals surface area contributed by atoms with E-state index < -0.39 is 0 Å². The van der Waals surface area contributed by atoms with Crippen molar-refractivity contribution in [2.24, 2.45) is 0 Å². The predicted molar refractivity (Wildman–Crippen MR) is 57.0 cm³/mol. The molecule has 2 aromatic heterocycles. The molecular formula is C9H12N6O. The lowest BCUT2D eigenvalue weighted by atomic mass is 10.1. The number of carbonyl (C=O) groups is 1. The fourth-order valence-electron chi connectivity index (χ4n) is 1.19. The van der Waals surface area contributed by atoms with Gasteiger partial charge >= 0.3 is 0 Å². The Kier molecular flexibility index (Phi) is 2.67. The van der Waals surface area contributed by atoms with Gasteiger partial charge in [0.25, 0.3) is 5.91 Å². The predicted octanol–water partition coefficient (Wildman–Crippen LogP) is 0.903. The first-order valence-electron chi connectivity index (χ1n) is 4.89. The van der Waals surface area contributed by atoms with Gasteiger partial charge in [-0.05, 0) is 12.0 Å². The summed E-state index contributed by atoms with van der Waals surface area (Å²) < 4.78 is 0. The van der Waals surface area contributed by atoms with Crippen LogP contribution in [0, 0.1) is 0 Å². The van der Waals surface area contributed by atoms with Crippen LogP contribution in [0.5, 0.6) is 0 Å². The quantitative estimate of drug-likeness (QED) is 0.715. The number of H-pyrrole nitrogens is 2. The molecule has 2 heterocycles. The van der Waals surface area contributed by atoms with E-state index in [0.717, 1.165) is 5.69 Å². The molecule has 0 bridgehead atoms. The Morgan fingerprint density at radius 3 is 2.81 bits per heavy atom. The van der Waals surface area contributed by atoms with Crippen molar-refractivity contribution < 1.29 is 4.79 Å². The van der Waals surface area contributed by atoms with Crippen molar-refractivity contribution in [3.05, 3.63) is 23.8 Å². The maximum Gasteiger partial charge on any atom is 0.278 e. The highest BCUT2D eigenvalue weighted by molar-refractivity contribution is 6.01. The van der Waals surface area contributed by atoms with Crippen LogP contribution in [0.1, 0.15) is 35.9 Å². The second kappa shape index (κ2) is 4.13. The van der Waals surface area contributed by atoms with Crippen LogP contribution in [0.3, 0.4) is 0 Å². The molecule has 3 N–H and O–H groups in total. The molecule has 0 atom stereocenters. The molecule has 0 fully saturated rings. The molecule has 2 aromatic rings. The normalized spacial score (nSPS) is 10.7. The molecule has 7 heteroatoms. The molecular weight excluding hydrogens is 208 g/mol. The monoisotopic (exact) mass is 220 g/mol. The smallest absolute Gasteiger partial charge is 0.278 e. The summed E-state index contributed by atoms with van der Waals surface area (Å²) in [7, 11) is 0. The van der Waals surface area contributed by atoms with Crippen LogP contribution in [-0.2, 0) is 0 Å². The Bertz CT molecular complexity index is 472. The van der Waals surface area contributed by atoms with Gasteiger partial charge in [0.05, 0.1) is 0 Å².